The summed E-state index contributed by atoms with van der Waals surface area (Å²) in [6, 6.07) is 14.7. The highest BCUT2D eigenvalue weighted by atomic mass is 16.2. The topological polar surface area (TPSA) is 35.6 Å². The molecule has 0 aliphatic carbocycles. The molecule has 4 heteroatoms. The van der Waals surface area contributed by atoms with Gasteiger partial charge in [0.05, 0.1) is 0 Å². The molecule has 1 N–H and O–H groups in total. The van der Waals surface area contributed by atoms with Crippen molar-refractivity contribution in [2.45, 2.75) is 27.2 Å². The van der Waals surface area contributed by atoms with Crippen LogP contribution in [-0.2, 0) is 6.42 Å². The lowest BCUT2D eigenvalue weighted by Gasteiger charge is -2.37. The molecule has 0 atom stereocenters. The molecule has 1 aliphatic rings. The van der Waals surface area contributed by atoms with Crippen LogP contribution in [0.1, 0.15) is 23.6 Å². The quantitative estimate of drug-likeness (QED) is 0.910. The van der Waals surface area contributed by atoms with E-state index in [1.165, 1.54) is 11.3 Å². The van der Waals surface area contributed by atoms with Crippen LogP contribution < -0.4 is 10.2 Å². The first-order valence-electron chi connectivity index (χ1n) is 9.04. The number of nitrogens with one attached hydrogen (secondary N) is 1. The van der Waals surface area contributed by atoms with E-state index in [0.717, 1.165) is 49.4 Å². The van der Waals surface area contributed by atoms with E-state index in [-0.39, 0.29) is 6.03 Å². The van der Waals surface area contributed by atoms with E-state index in [0.29, 0.717) is 0 Å². The van der Waals surface area contributed by atoms with Crippen LogP contribution in [0.4, 0.5) is 16.2 Å². The molecule has 0 aromatic heterocycles. The number of benzene rings is 2. The molecule has 0 radical (unpaired) electrons. The lowest BCUT2D eigenvalue weighted by Crippen LogP contribution is -2.50. The lowest BCUT2D eigenvalue weighted by molar-refractivity contribution is 0.208. The van der Waals surface area contributed by atoms with Gasteiger partial charge in [-0.15, -0.1) is 0 Å². The Morgan fingerprint density at radius 3 is 2.48 bits per heavy atom. The highest BCUT2D eigenvalue weighted by Gasteiger charge is 2.22. The van der Waals surface area contributed by atoms with Gasteiger partial charge in [-0.25, -0.2) is 4.79 Å². The molecule has 0 unspecified atom stereocenters. The smallest absolute Gasteiger partial charge is 0.321 e. The molecule has 4 nitrogen and oxygen atoms in total. The summed E-state index contributed by atoms with van der Waals surface area (Å²) >= 11 is 0. The van der Waals surface area contributed by atoms with Crippen molar-refractivity contribution in [2.24, 2.45) is 0 Å². The Hall–Kier alpha value is -2.49. The van der Waals surface area contributed by atoms with Crippen LogP contribution in [0.25, 0.3) is 0 Å². The number of rotatable bonds is 3. The fourth-order valence-corrected chi connectivity index (χ4v) is 3.33. The fraction of sp³-hybridized carbons (Fsp3) is 0.381. The Labute approximate surface area is 150 Å². The number of hydrogen-bond acceptors (Lipinski definition) is 2. The maximum Gasteiger partial charge on any atom is 0.321 e. The zero-order chi connectivity index (χ0) is 17.8. The zero-order valence-corrected chi connectivity index (χ0v) is 15.4. The molecule has 0 saturated carbocycles. The highest BCUT2D eigenvalue weighted by Crippen LogP contribution is 2.23. The number of amides is 2. The van der Waals surface area contributed by atoms with Gasteiger partial charge in [0.15, 0.2) is 0 Å². The second-order valence-corrected chi connectivity index (χ2v) is 6.70. The Kier molecular flexibility index (Phi) is 5.27. The summed E-state index contributed by atoms with van der Waals surface area (Å²) < 4.78 is 0. The first-order valence-corrected chi connectivity index (χ1v) is 9.04. The summed E-state index contributed by atoms with van der Waals surface area (Å²) in [6.07, 6.45) is 1.03. The van der Waals surface area contributed by atoms with Crippen molar-refractivity contribution in [1.82, 2.24) is 4.90 Å². The van der Waals surface area contributed by atoms with E-state index in [1.807, 2.05) is 30.9 Å². The molecule has 2 aromatic carbocycles. The van der Waals surface area contributed by atoms with Crippen LogP contribution in [0, 0.1) is 13.8 Å². The first-order chi connectivity index (χ1) is 12.1. The van der Waals surface area contributed by atoms with Crippen molar-refractivity contribution in [1.29, 1.82) is 0 Å². The van der Waals surface area contributed by atoms with Gasteiger partial charge in [0, 0.05) is 37.6 Å². The summed E-state index contributed by atoms with van der Waals surface area (Å²) in [5.41, 5.74) is 5.83. The molecule has 2 amide bonds. The number of carbonyl (C=O) groups is 1. The monoisotopic (exact) mass is 337 g/mol. The van der Waals surface area contributed by atoms with Crippen LogP contribution in [0.3, 0.4) is 0 Å². The average Bonchev–Trinajstić information content (AvgIpc) is 2.64. The van der Waals surface area contributed by atoms with Crippen LogP contribution in [-0.4, -0.2) is 37.1 Å². The van der Waals surface area contributed by atoms with Crippen molar-refractivity contribution in [3.63, 3.8) is 0 Å². The molecule has 25 heavy (non-hydrogen) atoms. The predicted octanol–water partition coefficient (Wildman–Crippen LogP) is 4.22. The van der Waals surface area contributed by atoms with Crippen molar-refractivity contribution in [3.8, 4) is 0 Å². The molecule has 3 rings (SSSR count). The van der Waals surface area contributed by atoms with E-state index >= 15 is 0 Å². The van der Waals surface area contributed by atoms with E-state index in [4.69, 9.17) is 0 Å². The number of aryl methyl sites for hydroxylation is 3. The second kappa shape index (κ2) is 7.60. The molecular formula is C21H27N3O. The molecule has 2 aromatic rings. The molecule has 132 valence electrons. The van der Waals surface area contributed by atoms with Gasteiger partial charge >= 0.3 is 6.03 Å². The molecule has 1 saturated heterocycles. The fourth-order valence-electron chi connectivity index (χ4n) is 3.33. The Morgan fingerprint density at radius 1 is 1.04 bits per heavy atom. The number of piperazine rings is 1. The van der Waals surface area contributed by atoms with Gasteiger partial charge in [0.25, 0.3) is 0 Å². The van der Waals surface area contributed by atoms with Gasteiger partial charge < -0.3 is 15.1 Å². The van der Waals surface area contributed by atoms with Gasteiger partial charge in [-0.05, 0) is 49.1 Å². The molecule has 1 aliphatic heterocycles. The third kappa shape index (κ3) is 3.95. The number of carbonyl (C=O) groups excluding carboxylic acids is 1. The number of urea groups is 1. The maximum atomic E-state index is 12.6. The van der Waals surface area contributed by atoms with Crippen LogP contribution >= 0.6 is 0 Å². The van der Waals surface area contributed by atoms with Crippen LogP contribution in [0.2, 0.25) is 0 Å². The number of hydrogen-bond donors (Lipinski definition) is 1. The standard InChI is InChI=1S/C21H27N3O/c1-4-18-7-5-6-8-20(18)23-11-13-24(14-12-23)21(25)22-19-15-16(2)9-10-17(19)3/h5-10,15H,4,11-14H2,1-3H3,(H,22,25). The van der Waals surface area contributed by atoms with Crippen LogP contribution in [0.5, 0.6) is 0 Å². The van der Waals surface area contributed by atoms with E-state index in [1.54, 1.807) is 0 Å². The lowest BCUT2D eigenvalue weighted by atomic mass is 10.1. The normalized spacial score (nSPS) is 14.5. The van der Waals surface area contributed by atoms with E-state index in [9.17, 15) is 4.79 Å². The number of para-hydroxylation sites is 1. The minimum absolute atomic E-state index is 0.00266. The largest absolute Gasteiger partial charge is 0.368 e. The minimum atomic E-state index is -0.00266. The third-order valence-corrected chi connectivity index (χ3v) is 4.91. The molecule has 0 bridgehead atoms. The molecule has 1 fully saturated rings. The maximum absolute atomic E-state index is 12.6. The van der Waals surface area contributed by atoms with E-state index in [2.05, 4.69) is 47.5 Å². The van der Waals surface area contributed by atoms with Crippen molar-refractivity contribution in [3.05, 3.63) is 59.2 Å². The Bertz CT molecular complexity index is 749. The summed E-state index contributed by atoms with van der Waals surface area (Å²) in [4.78, 5) is 16.9. The van der Waals surface area contributed by atoms with Gasteiger partial charge in [0.2, 0.25) is 0 Å². The van der Waals surface area contributed by atoms with Gasteiger partial charge in [-0.1, -0.05) is 37.3 Å². The van der Waals surface area contributed by atoms with Crippen molar-refractivity contribution in [2.75, 3.05) is 36.4 Å². The van der Waals surface area contributed by atoms with Crippen molar-refractivity contribution >= 4 is 17.4 Å². The van der Waals surface area contributed by atoms with Gasteiger partial charge in [-0.2, -0.15) is 0 Å². The predicted molar refractivity (Wildman–Crippen MR) is 105 cm³/mol. The first kappa shape index (κ1) is 17.3. The summed E-state index contributed by atoms with van der Waals surface area (Å²) in [7, 11) is 0. The summed E-state index contributed by atoms with van der Waals surface area (Å²) in [5.74, 6) is 0. The minimum Gasteiger partial charge on any atom is -0.368 e. The molecule has 1 heterocycles. The zero-order valence-electron chi connectivity index (χ0n) is 15.4. The Balaban J connectivity index is 1.62. The summed E-state index contributed by atoms with van der Waals surface area (Å²) in [5, 5.41) is 3.07. The van der Waals surface area contributed by atoms with Gasteiger partial charge in [-0.3, -0.25) is 0 Å². The van der Waals surface area contributed by atoms with Crippen molar-refractivity contribution < 1.29 is 4.79 Å². The summed E-state index contributed by atoms with van der Waals surface area (Å²) in [6.45, 7) is 9.48. The second-order valence-electron chi connectivity index (χ2n) is 6.70. The van der Waals surface area contributed by atoms with E-state index < -0.39 is 0 Å². The Morgan fingerprint density at radius 2 is 1.76 bits per heavy atom. The molecular weight excluding hydrogens is 310 g/mol. The molecule has 0 spiro atoms. The third-order valence-electron chi connectivity index (χ3n) is 4.91. The number of nitrogens with zero attached hydrogens (tertiary/aromatic N) is 2. The average molecular weight is 337 g/mol. The van der Waals surface area contributed by atoms with Gasteiger partial charge in [0.1, 0.15) is 0 Å². The highest BCUT2D eigenvalue weighted by molar-refractivity contribution is 5.90. The van der Waals surface area contributed by atoms with Crippen LogP contribution in [0.15, 0.2) is 42.5 Å². The number of anilines is 2. The SMILES string of the molecule is CCc1ccccc1N1CCN(C(=O)Nc2cc(C)ccc2C)CC1.